The number of anilines is 1. The summed E-state index contributed by atoms with van der Waals surface area (Å²) in [5.41, 5.74) is 0.208. The van der Waals surface area contributed by atoms with Crippen molar-refractivity contribution in [2.45, 2.75) is 31.7 Å². The molecule has 1 aliphatic heterocycles. The van der Waals surface area contributed by atoms with E-state index in [0.717, 1.165) is 25.8 Å². The SMILES string of the molecule is O=C(O)c1cc(Br)cnc1N1CCCCC1CCO. The number of piperidine rings is 1. The molecule has 1 fully saturated rings. The summed E-state index contributed by atoms with van der Waals surface area (Å²) in [6.45, 7) is 0.902. The molecule has 5 nitrogen and oxygen atoms in total. The molecule has 2 N–H and O–H groups in total. The largest absolute Gasteiger partial charge is 0.478 e. The minimum absolute atomic E-state index is 0.111. The van der Waals surface area contributed by atoms with Gasteiger partial charge in [0.15, 0.2) is 0 Å². The number of carboxylic acids is 1. The van der Waals surface area contributed by atoms with Crippen LogP contribution in [0.15, 0.2) is 16.7 Å². The third-order valence-corrected chi connectivity index (χ3v) is 3.86. The predicted molar refractivity (Wildman–Crippen MR) is 75.6 cm³/mol. The first-order chi connectivity index (χ1) is 9.13. The fraction of sp³-hybridized carbons (Fsp3) is 0.538. The molecule has 0 bridgehead atoms. The summed E-state index contributed by atoms with van der Waals surface area (Å²) >= 11 is 3.25. The summed E-state index contributed by atoms with van der Waals surface area (Å²) in [5, 5.41) is 18.4. The number of aromatic carboxylic acids is 1. The molecule has 0 aromatic carbocycles. The van der Waals surface area contributed by atoms with Crippen LogP contribution < -0.4 is 4.90 Å². The van der Waals surface area contributed by atoms with E-state index in [1.165, 1.54) is 0 Å². The molecular formula is C13H17BrN2O3. The highest BCUT2D eigenvalue weighted by atomic mass is 79.9. The molecule has 0 amide bonds. The second-order valence-corrected chi connectivity index (χ2v) is 5.60. The van der Waals surface area contributed by atoms with E-state index in [4.69, 9.17) is 5.11 Å². The molecule has 1 aromatic rings. The molecule has 0 saturated carbocycles. The van der Waals surface area contributed by atoms with Crippen LogP contribution in [-0.2, 0) is 0 Å². The first kappa shape index (κ1) is 14.3. The van der Waals surface area contributed by atoms with Crippen molar-refractivity contribution in [3.63, 3.8) is 0 Å². The number of aromatic nitrogens is 1. The minimum atomic E-state index is -0.975. The Balaban J connectivity index is 2.35. The van der Waals surface area contributed by atoms with Crippen molar-refractivity contribution in [2.75, 3.05) is 18.1 Å². The zero-order valence-electron chi connectivity index (χ0n) is 10.5. The van der Waals surface area contributed by atoms with E-state index in [1.807, 2.05) is 4.90 Å². The molecular weight excluding hydrogens is 312 g/mol. The Morgan fingerprint density at radius 1 is 1.53 bits per heavy atom. The number of rotatable bonds is 4. The monoisotopic (exact) mass is 328 g/mol. The summed E-state index contributed by atoms with van der Waals surface area (Å²) in [4.78, 5) is 17.6. The van der Waals surface area contributed by atoms with Crippen LogP contribution in [0.3, 0.4) is 0 Å². The van der Waals surface area contributed by atoms with E-state index >= 15 is 0 Å². The molecule has 2 heterocycles. The van der Waals surface area contributed by atoms with Crippen LogP contribution in [0.1, 0.15) is 36.0 Å². The lowest BCUT2D eigenvalue weighted by molar-refractivity contribution is 0.0697. The van der Waals surface area contributed by atoms with E-state index in [9.17, 15) is 9.90 Å². The third kappa shape index (κ3) is 3.25. The second-order valence-electron chi connectivity index (χ2n) is 4.69. The number of aliphatic hydroxyl groups is 1. The molecule has 1 atom stereocenters. The summed E-state index contributed by atoms with van der Waals surface area (Å²) in [7, 11) is 0. The molecule has 1 unspecified atom stereocenters. The fourth-order valence-corrected chi connectivity index (χ4v) is 2.88. The third-order valence-electron chi connectivity index (χ3n) is 3.43. The number of carboxylic acid groups (broad SMARTS) is 1. The highest BCUT2D eigenvalue weighted by molar-refractivity contribution is 9.10. The van der Waals surface area contributed by atoms with Crippen molar-refractivity contribution >= 4 is 27.7 Å². The van der Waals surface area contributed by atoms with Gasteiger partial charge in [-0.2, -0.15) is 0 Å². The molecule has 2 rings (SSSR count). The number of hydrogen-bond acceptors (Lipinski definition) is 4. The zero-order chi connectivity index (χ0) is 13.8. The van der Waals surface area contributed by atoms with Gasteiger partial charge in [-0.3, -0.25) is 0 Å². The maximum Gasteiger partial charge on any atom is 0.339 e. The number of nitrogens with zero attached hydrogens (tertiary/aromatic N) is 2. The molecule has 1 aromatic heterocycles. The first-order valence-corrected chi connectivity index (χ1v) is 7.19. The van der Waals surface area contributed by atoms with Gasteiger partial charge < -0.3 is 15.1 Å². The van der Waals surface area contributed by atoms with Crippen LogP contribution >= 0.6 is 15.9 Å². The Kier molecular flexibility index (Phi) is 4.76. The minimum Gasteiger partial charge on any atom is -0.478 e. The van der Waals surface area contributed by atoms with Crippen LogP contribution in [0.4, 0.5) is 5.82 Å². The van der Waals surface area contributed by atoms with E-state index in [2.05, 4.69) is 20.9 Å². The van der Waals surface area contributed by atoms with Gasteiger partial charge in [0.1, 0.15) is 11.4 Å². The Morgan fingerprint density at radius 3 is 3.00 bits per heavy atom. The van der Waals surface area contributed by atoms with Gasteiger partial charge >= 0.3 is 5.97 Å². The Bertz CT molecular complexity index is 465. The lowest BCUT2D eigenvalue weighted by Crippen LogP contribution is -2.41. The molecule has 1 saturated heterocycles. The second kappa shape index (κ2) is 6.34. The maximum absolute atomic E-state index is 11.3. The molecule has 104 valence electrons. The van der Waals surface area contributed by atoms with Crippen molar-refractivity contribution in [1.82, 2.24) is 4.98 Å². The normalized spacial score (nSPS) is 19.5. The Morgan fingerprint density at radius 2 is 2.32 bits per heavy atom. The highest BCUT2D eigenvalue weighted by Crippen LogP contribution is 2.29. The van der Waals surface area contributed by atoms with Crippen LogP contribution in [-0.4, -0.2) is 40.4 Å². The molecule has 0 aliphatic carbocycles. The van der Waals surface area contributed by atoms with Crippen LogP contribution in [0, 0.1) is 0 Å². The smallest absolute Gasteiger partial charge is 0.339 e. The average Bonchev–Trinajstić information content (AvgIpc) is 2.40. The molecule has 6 heteroatoms. The number of carbonyl (C=O) groups is 1. The summed E-state index contributed by atoms with van der Waals surface area (Å²) in [6.07, 6.45) is 5.37. The van der Waals surface area contributed by atoms with Gasteiger partial charge in [-0.25, -0.2) is 9.78 Å². The van der Waals surface area contributed by atoms with Crippen molar-refractivity contribution in [3.05, 3.63) is 22.3 Å². The zero-order valence-corrected chi connectivity index (χ0v) is 12.1. The standard InChI is InChI=1S/C13H17BrN2O3/c14-9-7-11(13(18)19)12(15-8-9)16-5-2-1-3-10(16)4-6-17/h7-8,10,17H,1-6H2,(H,18,19). The quantitative estimate of drug-likeness (QED) is 0.887. The number of halogens is 1. The van der Waals surface area contributed by atoms with Crippen LogP contribution in [0.25, 0.3) is 0 Å². The highest BCUT2D eigenvalue weighted by Gasteiger charge is 2.26. The lowest BCUT2D eigenvalue weighted by Gasteiger charge is -2.37. The number of hydrogen-bond donors (Lipinski definition) is 2. The Labute approximate surface area is 120 Å². The van der Waals surface area contributed by atoms with Gasteiger partial charge in [0.2, 0.25) is 0 Å². The maximum atomic E-state index is 11.3. The fourth-order valence-electron chi connectivity index (χ4n) is 2.55. The molecule has 19 heavy (non-hydrogen) atoms. The average molecular weight is 329 g/mol. The Hall–Kier alpha value is -1.14. The lowest BCUT2D eigenvalue weighted by atomic mass is 9.99. The van der Waals surface area contributed by atoms with E-state index in [1.54, 1.807) is 12.3 Å². The van der Waals surface area contributed by atoms with Gasteiger partial charge in [-0.05, 0) is 47.7 Å². The number of pyridine rings is 1. The van der Waals surface area contributed by atoms with Crippen LogP contribution in [0.2, 0.25) is 0 Å². The summed E-state index contributed by atoms with van der Waals surface area (Å²) in [6, 6.07) is 1.75. The van der Waals surface area contributed by atoms with Crippen molar-refractivity contribution in [1.29, 1.82) is 0 Å². The molecule has 0 radical (unpaired) electrons. The molecule has 1 aliphatic rings. The van der Waals surface area contributed by atoms with E-state index in [0.29, 0.717) is 16.7 Å². The van der Waals surface area contributed by atoms with Gasteiger partial charge in [0.05, 0.1) is 0 Å². The van der Waals surface area contributed by atoms with E-state index < -0.39 is 5.97 Å². The van der Waals surface area contributed by atoms with Gasteiger partial charge in [-0.15, -0.1) is 0 Å². The van der Waals surface area contributed by atoms with Crippen molar-refractivity contribution < 1.29 is 15.0 Å². The van der Waals surface area contributed by atoms with Crippen molar-refractivity contribution in [3.8, 4) is 0 Å². The molecule has 0 spiro atoms. The van der Waals surface area contributed by atoms with Crippen molar-refractivity contribution in [2.24, 2.45) is 0 Å². The topological polar surface area (TPSA) is 73.7 Å². The number of aliphatic hydroxyl groups excluding tert-OH is 1. The van der Waals surface area contributed by atoms with Gasteiger partial charge in [-0.1, -0.05) is 0 Å². The summed E-state index contributed by atoms with van der Waals surface area (Å²) < 4.78 is 0.657. The van der Waals surface area contributed by atoms with Gasteiger partial charge in [0.25, 0.3) is 0 Å². The summed E-state index contributed by atoms with van der Waals surface area (Å²) in [5.74, 6) is -0.467. The van der Waals surface area contributed by atoms with Crippen LogP contribution in [0.5, 0.6) is 0 Å². The predicted octanol–water partition coefficient (Wildman–Crippen LogP) is 2.28. The first-order valence-electron chi connectivity index (χ1n) is 6.40. The van der Waals surface area contributed by atoms with E-state index in [-0.39, 0.29) is 18.2 Å². The van der Waals surface area contributed by atoms with Gasteiger partial charge in [0, 0.05) is 29.9 Å².